The number of carbonyl (C=O) groups excluding carboxylic acids is 2. The highest BCUT2D eigenvalue weighted by Crippen LogP contribution is 2.15. The van der Waals surface area contributed by atoms with E-state index in [1.54, 1.807) is 46.2 Å². The molecule has 2 aromatic carbocycles. The summed E-state index contributed by atoms with van der Waals surface area (Å²) in [5, 5.41) is 0.533. The molecule has 1 aliphatic rings. The fourth-order valence-electron chi connectivity index (χ4n) is 3.02. The summed E-state index contributed by atoms with van der Waals surface area (Å²) >= 11 is 5.94. The minimum atomic E-state index is -0.277. The van der Waals surface area contributed by atoms with Gasteiger partial charge < -0.3 is 9.80 Å². The van der Waals surface area contributed by atoms with E-state index >= 15 is 0 Å². The van der Waals surface area contributed by atoms with E-state index in [2.05, 4.69) is 0 Å². The number of amides is 2. The summed E-state index contributed by atoms with van der Waals surface area (Å²) < 4.78 is 12.9. The second-order valence-corrected chi connectivity index (χ2v) is 6.75. The molecule has 2 amide bonds. The van der Waals surface area contributed by atoms with E-state index in [1.807, 2.05) is 0 Å². The van der Waals surface area contributed by atoms with Crippen LogP contribution in [0, 0.1) is 5.82 Å². The third-order valence-electron chi connectivity index (χ3n) is 4.53. The summed E-state index contributed by atoms with van der Waals surface area (Å²) in [7, 11) is 0. The summed E-state index contributed by atoms with van der Waals surface area (Å²) in [5.41, 5.74) is 1.50. The lowest BCUT2D eigenvalue weighted by Crippen LogP contribution is -2.50. The average molecular weight is 375 g/mol. The van der Waals surface area contributed by atoms with Crippen molar-refractivity contribution in [1.82, 2.24) is 9.80 Å². The number of hydrogen-bond acceptors (Lipinski definition) is 2. The first-order chi connectivity index (χ1) is 12.5. The minimum absolute atomic E-state index is 0.0594. The summed E-state index contributed by atoms with van der Waals surface area (Å²) in [6.45, 7) is 2.06. The Labute approximate surface area is 157 Å². The predicted molar refractivity (Wildman–Crippen MR) is 98.7 cm³/mol. The van der Waals surface area contributed by atoms with Crippen LogP contribution < -0.4 is 0 Å². The number of hydrogen-bond donors (Lipinski definition) is 0. The van der Waals surface area contributed by atoms with E-state index < -0.39 is 0 Å². The Morgan fingerprint density at radius 3 is 2.27 bits per heavy atom. The highest BCUT2D eigenvalue weighted by atomic mass is 35.5. The van der Waals surface area contributed by atoms with Gasteiger partial charge in [-0.25, -0.2) is 4.39 Å². The van der Waals surface area contributed by atoms with Crippen molar-refractivity contribution in [1.29, 1.82) is 0 Å². The summed E-state index contributed by atoms with van der Waals surface area (Å²) in [5.74, 6) is -0.282. The topological polar surface area (TPSA) is 40.6 Å². The molecule has 0 aliphatic carbocycles. The maximum atomic E-state index is 12.9. The first-order valence-corrected chi connectivity index (χ1v) is 8.98. The van der Waals surface area contributed by atoms with Gasteiger partial charge >= 0.3 is 0 Å². The molecule has 0 atom stereocenters. The third-order valence-corrected chi connectivity index (χ3v) is 4.77. The molecule has 0 spiro atoms. The lowest BCUT2D eigenvalue weighted by molar-refractivity contribution is -0.132. The molecule has 1 heterocycles. The standard InChI is InChI=1S/C20H20ClFN2O2/c21-17-3-1-2-16(14-17)20(26)24-12-10-23(11-13-24)19(25)9-6-15-4-7-18(22)8-5-15/h1-5,7-8,14H,6,9-13H2. The van der Waals surface area contributed by atoms with Crippen LogP contribution in [0.3, 0.4) is 0 Å². The van der Waals surface area contributed by atoms with Crippen molar-refractivity contribution in [2.45, 2.75) is 12.8 Å². The first-order valence-electron chi connectivity index (χ1n) is 8.60. The zero-order valence-electron chi connectivity index (χ0n) is 14.3. The van der Waals surface area contributed by atoms with Crippen molar-refractivity contribution in [3.8, 4) is 0 Å². The monoisotopic (exact) mass is 374 g/mol. The molecule has 0 aromatic heterocycles. The van der Waals surface area contributed by atoms with Gasteiger partial charge in [-0.05, 0) is 42.3 Å². The van der Waals surface area contributed by atoms with Gasteiger partial charge in [-0.1, -0.05) is 29.8 Å². The molecule has 3 rings (SSSR count). The minimum Gasteiger partial charge on any atom is -0.339 e. The van der Waals surface area contributed by atoms with Crippen LogP contribution in [0.4, 0.5) is 4.39 Å². The van der Waals surface area contributed by atoms with Crippen LogP contribution in [0.25, 0.3) is 0 Å². The van der Waals surface area contributed by atoms with Gasteiger partial charge in [0.15, 0.2) is 0 Å². The fourth-order valence-corrected chi connectivity index (χ4v) is 3.21. The van der Waals surface area contributed by atoms with Crippen LogP contribution in [0.5, 0.6) is 0 Å². The average Bonchev–Trinajstić information content (AvgIpc) is 2.67. The second-order valence-electron chi connectivity index (χ2n) is 6.31. The number of aryl methyl sites for hydroxylation is 1. The normalized spacial score (nSPS) is 14.4. The quantitative estimate of drug-likeness (QED) is 0.823. The number of piperazine rings is 1. The predicted octanol–water partition coefficient (Wildman–Crippen LogP) is 3.40. The zero-order valence-corrected chi connectivity index (χ0v) is 15.1. The van der Waals surface area contributed by atoms with Crippen molar-refractivity contribution in [2.24, 2.45) is 0 Å². The number of halogens is 2. The van der Waals surface area contributed by atoms with Crippen molar-refractivity contribution in [3.05, 3.63) is 70.5 Å². The maximum Gasteiger partial charge on any atom is 0.254 e. The summed E-state index contributed by atoms with van der Waals surface area (Å²) in [6, 6.07) is 13.1. The van der Waals surface area contributed by atoms with E-state index in [0.717, 1.165) is 5.56 Å². The first kappa shape index (κ1) is 18.4. The Balaban J connectivity index is 1.49. The second kappa shape index (κ2) is 8.32. The van der Waals surface area contributed by atoms with Gasteiger partial charge in [0, 0.05) is 43.2 Å². The molecule has 26 heavy (non-hydrogen) atoms. The number of rotatable bonds is 4. The van der Waals surface area contributed by atoms with E-state index in [-0.39, 0.29) is 17.6 Å². The Kier molecular flexibility index (Phi) is 5.89. The molecule has 0 unspecified atom stereocenters. The Bertz CT molecular complexity index is 787. The molecule has 2 aromatic rings. The molecular weight excluding hydrogens is 355 g/mol. The van der Waals surface area contributed by atoms with Gasteiger partial charge in [-0.3, -0.25) is 9.59 Å². The summed E-state index contributed by atoms with van der Waals surface area (Å²) in [6.07, 6.45) is 0.967. The van der Waals surface area contributed by atoms with Crippen molar-refractivity contribution < 1.29 is 14.0 Å². The number of carbonyl (C=O) groups is 2. The lowest BCUT2D eigenvalue weighted by atomic mass is 10.1. The van der Waals surface area contributed by atoms with Crippen LogP contribution >= 0.6 is 11.6 Å². The Morgan fingerprint density at radius 1 is 0.962 bits per heavy atom. The molecule has 4 nitrogen and oxygen atoms in total. The number of benzene rings is 2. The van der Waals surface area contributed by atoms with Crippen LogP contribution in [0.2, 0.25) is 5.02 Å². The molecule has 1 saturated heterocycles. The van der Waals surface area contributed by atoms with E-state index in [1.165, 1.54) is 12.1 Å². The van der Waals surface area contributed by atoms with Gasteiger partial charge in [0.1, 0.15) is 5.82 Å². The summed E-state index contributed by atoms with van der Waals surface area (Å²) in [4.78, 5) is 28.4. The van der Waals surface area contributed by atoms with Crippen molar-refractivity contribution in [2.75, 3.05) is 26.2 Å². The molecule has 0 N–H and O–H groups in total. The largest absolute Gasteiger partial charge is 0.339 e. The van der Waals surface area contributed by atoms with Gasteiger partial charge in [-0.2, -0.15) is 0 Å². The molecule has 0 radical (unpaired) electrons. The number of nitrogens with zero attached hydrogens (tertiary/aromatic N) is 2. The van der Waals surface area contributed by atoms with Crippen LogP contribution in [0.1, 0.15) is 22.3 Å². The molecule has 136 valence electrons. The molecule has 0 saturated carbocycles. The fraction of sp³-hybridized carbons (Fsp3) is 0.300. The highest BCUT2D eigenvalue weighted by Gasteiger charge is 2.24. The SMILES string of the molecule is O=C(CCc1ccc(F)cc1)N1CCN(C(=O)c2cccc(Cl)c2)CC1. The third kappa shape index (κ3) is 4.61. The lowest BCUT2D eigenvalue weighted by Gasteiger charge is -2.35. The molecule has 6 heteroatoms. The van der Waals surface area contributed by atoms with Crippen LogP contribution in [0.15, 0.2) is 48.5 Å². The van der Waals surface area contributed by atoms with Crippen LogP contribution in [-0.4, -0.2) is 47.8 Å². The van der Waals surface area contributed by atoms with E-state index in [0.29, 0.717) is 49.6 Å². The molecular formula is C20H20ClFN2O2. The van der Waals surface area contributed by atoms with Gasteiger partial charge in [0.2, 0.25) is 5.91 Å². The molecule has 0 bridgehead atoms. The maximum absolute atomic E-state index is 12.9. The van der Waals surface area contributed by atoms with Crippen molar-refractivity contribution >= 4 is 23.4 Å². The van der Waals surface area contributed by atoms with Crippen molar-refractivity contribution in [3.63, 3.8) is 0 Å². The Hall–Kier alpha value is -2.40. The van der Waals surface area contributed by atoms with Gasteiger partial charge in [0.05, 0.1) is 0 Å². The van der Waals surface area contributed by atoms with E-state index in [4.69, 9.17) is 11.6 Å². The van der Waals surface area contributed by atoms with E-state index in [9.17, 15) is 14.0 Å². The molecule has 1 fully saturated rings. The van der Waals surface area contributed by atoms with Crippen LogP contribution in [-0.2, 0) is 11.2 Å². The van der Waals surface area contributed by atoms with Gasteiger partial charge in [0.25, 0.3) is 5.91 Å². The zero-order chi connectivity index (χ0) is 18.5. The molecule has 1 aliphatic heterocycles. The smallest absolute Gasteiger partial charge is 0.254 e. The Morgan fingerprint density at radius 2 is 1.62 bits per heavy atom. The highest BCUT2D eigenvalue weighted by molar-refractivity contribution is 6.30. The van der Waals surface area contributed by atoms with Gasteiger partial charge in [-0.15, -0.1) is 0 Å².